The summed E-state index contributed by atoms with van der Waals surface area (Å²) in [6.45, 7) is 0.761. The highest BCUT2D eigenvalue weighted by molar-refractivity contribution is 6.48. The highest BCUT2D eigenvalue weighted by Gasteiger charge is 2.20. The number of halogens is 1. The summed E-state index contributed by atoms with van der Waals surface area (Å²) in [6.07, 6.45) is 1.79. The molecule has 4 rings (SSSR count). The molecule has 3 heteroatoms. The Balaban J connectivity index is 2.19. The summed E-state index contributed by atoms with van der Waals surface area (Å²) in [7, 11) is 0. The van der Waals surface area contributed by atoms with Crippen LogP contribution in [0.15, 0.2) is 47.0 Å². The lowest BCUT2D eigenvalue weighted by Gasteiger charge is -2.08. The fraction of sp³-hybridized carbons (Fsp3) is 0.0667. The molecule has 0 atom stereocenters. The van der Waals surface area contributed by atoms with Crippen LogP contribution in [0.5, 0.6) is 0 Å². The van der Waals surface area contributed by atoms with Crippen molar-refractivity contribution in [3.8, 4) is 0 Å². The van der Waals surface area contributed by atoms with Crippen molar-refractivity contribution >= 4 is 38.4 Å². The molecule has 1 aliphatic heterocycles. The molecule has 0 saturated carbocycles. The van der Waals surface area contributed by atoms with Gasteiger partial charge in [-0.15, -0.1) is 0 Å². The van der Waals surface area contributed by atoms with E-state index in [1.807, 2.05) is 12.1 Å². The second-order valence-electron chi connectivity index (χ2n) is 4.45. The third-order valence-electron chi connectivity index (χ3n) is 3.41. The van der Waals surface area contributed by atoms with Crippen LogP contribution in [0.3, 0.4) is 0 Å². The molecule has 88 valence electrons. The molecule has 0 unspecified atom stereocenters. The molecule has 0 radical (unpaired) electrons. The molecular formula is C15H10ClNO. The molecule has 0 bridgehead atoms. The van der Waals surface area contributed by atoms with Gasteiger partial charge in [-0.3, -0.25) is 0 Å². The van der Waals surface area contributed by atoms with Gasteiger partial charge in [-0.25, -0.2) is 0 Å². The molecule has 0 spiro atoms. The average Bonchev–Trinajstić information content (AvgIpc) is 2.79. The molecule has 2 heterocycles. The molecular weight excluding hydrogens is 246 g/mol. The van der Waals surface area contributed by atoms with Crippen LogP contribution in [0.1, 0.15) is 11.3 Å². The largest absolute Gasteiger partial charge is 0.454 e. The van der Waals surface area contributed by atoms with Crippen molar-refractivity contribution in [1.82, 2.24) is 5.32 Å². The first kappa shape index (κ1) is 10.0. The number of hydrogen-bond acceptors (Lipinski definition) is 2. The molecule has 2 nitrogen and oxygen atoms in total. The maximum absolute atomic E-state index is 6.17. The lowest BCUT2D eigenvalue weighted by Crippen LogP contribution is -2.10. The number of furan rings is 1. The minimum atomic E-state index is 0.636. The molecule has 0 fully saturated rings. The zero-order chi connectivity index (χ0) is 12.1. The number of rotatable bonds is 0. The van der Waals surface area contributed by atoms with E-state index in [0.717, 1.165) is 34.2 Å². The van der Waals surface area contributed by atoms with E-state index in [4.69, 9.17) is 16.0 Å². The van der Waals surface area contributed by atoms with Crippen LogP contribution in [-0.2, 0) is 6.54 Å². The van der Waals surface area contributed by atoms with Gasteiger partial charge in [0.05, 0.1) is 5.03 Å². The van der Waals surface area contributed by atoms with Gasteiger partial charge in [-0.2, -0.15) is 0 Å². The summed E-state index contributed by atoms with van der Waals surface area (Å²) in [6, 6.07) is 12.5. The van der Waals surface area contributed by atoms with Crippen LogP contribution in [0.25, 0.3) is 26.8 Å². The molecule has 0 aliphatic carbocycles. The minimum Gasteiger partial charge on any atom is -0.454 e. The van der Waals surface area contributed by atoms with Gasteiger partial charge >= 0.3 is 0 Å². The Hall–Kier alpha value is -1.93. The van der Waals surface area contributed by atoms with Gasteiger partial charge < -0.3 is 9.73 Å². The Kier molecular flexibility index (Phi) is 1.97. The molecule has 18 heavy (non-hydrogen) atoms. The molecule has 2 aromatic carbocycles. The fourth-order valence-corrected chi connectivity index (χ4v) is 2.78. The number of hydrogen-bond donors (Lipinski definition) is 1. The van der Waals surface area contributed by atoms with Crippen LogP contribution in [0.2, 0.25) is 0 Å². The van der Waals surface area contributed by atoms with Gasteiger partial charge in [-0.05, 0) is 5.39 Å². The highest BCUT2D eigenvalue weighted by Crippen LogP contribution is 2.37. The summed E-state index contributed by atoms with van der Waals surface area (Å²) >= 11 is 6.17. The standard InChI is InChI=1S/C15H10ClNO/c16-13-8-17-7-12-11-6-5-9-3-1-2-4-10(9)14(11)18-15(12)13/h1-6,8,17H,7H2. The van der Waals surface area contributed by atoms with Crippen molar-refractivity contribution in [2.75, 3.05) is 0 Å². The first-order valence-corrected chi connectivity index (χ1v) is 6.25. The predicted molar refractivity (Wildman–Crippen MR) is 74.4 cm³/mol. The average molecular weight is 256 g/mol. The molecule has 1 aromatic heterocycles. The summed E-state index contributed by atoms with van der Waals surface area (Å²) in [5, 5.41) is 7.26. The van der Waals surface area contributed by atoms with Crippen LogP contribution in [-0.4, -0.2) is 0 Å². The van der Waals surface area contributed by atoms with Crippen LogP contribution in [0.4, 0.5) is 0 Å². The Labute approximate surface area is 109 Å². The Morgan fingerprint density at radius 1 is 1.06 bits per heavy atom. The molecule has 0 saturated heterocycles. The van der Waals surface area contributed by atoms with E-state index >= 15 is 0 Å². The van der Waals surface area contributed by atoms with E-state index in [0.29, 0.717) is 5.03 Å². The van der Waals surface area contributed by atoms with Gasteiger partial charge in [0, 0.05) is 29.1 Å². The maximum atomic E-state index is 6.17. The smallest absolute Gasteiger partial charge is 0.153 e. The van der Waals surface area contributed by atoms with E-state index in [1.54, 1.807) is 6.20 Å². The van der Waals surface area contributed by atoms with Crippen molar-refractivity contribution in [1.29, 1.82) is 0 Å². The van der Waals surface area contributed by atoms with E-state index in [-0.39, 0.29) is 0 Å². The second-order valence-corrected chi connectivity index (χ2v) is 4.85. The number of nitrogens with one attached hydrogen (secondary N) is 1. The first-order valence-electron chi connectivity index (χ1n) is 5.87. The molecule has 1 N–H and O–H groups in total. The zero-order valence-corrected chi connectivity index (χ0v) is 10.3. The SMILES string of the molecule is ClC1=CNCc2c1oc1c2ccc2ccccc21. The lowest BCUT2D eigenvalue weighted by atomic mass is 10.0. The van der Waals surface area contributed by atoms with Crippen molar-refractivity contribution in [2.24, 2.45) is 0 Å². The highest BCUT2D eigenvalue weighted by atomic mass is 35.5. The predicted octanol–water partition coefficient (Wildman–Crippen LogP) is 4.23. The third-order valence-corrected chi connectivity index (χ3v) is 3.69. The third kappa shape index (κ3) is 1.24. The Morgan fingerprint density at radius 3 is 2.89 bits per heavy atom. The lowest BCUT2D eigenvalue weighted by molar-refractivity contribution is 0.593. The van der Waals surface area contributed by atoms with Crippen LogP contribution in [0, 0.1) is 0 Å². The summed E-state index contributed by atoms with van der Waals surface area (Å²) in [5.74, 6) is 0.793. The summed E-state index contributed by atoms with van der Waals surface area (Å²) < 4.78 is 5.98. The number of fused-ring (bicyclic) bond motifs is 5. The van der Waals surface area contributed by atoms with Gasteiger partial charge in [-0.1, -0.05) is 48.0 Å². The minimum absolute atomic E-state index is 0.636. The quantitative estimate of drug-likeness (QED) is 0.650. The Morgan fingerprint density at radius 2 is 1.94 bits per heavy atom. The van der Waals surface area contributed by atoms with Crippen molar-refractivity contribution in [3.05, 3.63) is 53.9 Å². The van der Waals surface area contributed by atoms with Crippen LogP contribution < -0.4 is 5.32 Å². The van der Waals surface area contributed by atoms with E-state index < -0.39 is 0 Å². The normalized spacial score (nSPS) is 14.4. The Bertz CT molecular complexity index is 801. The van der Waals surface area contributed by atoms with E-state index in [9.17, 15) is 0 Å². The second kappa shape index (κ2) is 3.53. The monoisotopic (exact) mass is 255 g/mol. The zero-order valence-electron chi connectivity index (χ0n) is 9.53. The topological polar surface area (TPSA) is 25.2 Å². The summed E-state index contributed by atoms with van der Waals surface area (Å²) in [4.78, 5) is 0. The van der Waals surface area contributed by atoms with Gasteiger partial charge in [0.2, 0.25) is 0 Å². The van der Waals surface area contributed by atoms with E-state index in [2.05, 4.69) is 29.6 Å². The molecule has 0 amide bonds. The molecule has 3 aromatic rings. The van der Waals surface area contributed by atoms with Gasteiger partial charge in [0.1, 0.15) is 5.58 Å². The van der Waals surface area contributed by atoms with E-state index in [1.165, 1.54) is 5.39 Å². The van der Waals surface area contributed by atoms with Crippen molar-refractivity contribution in [3.63, 3.8) is 0 Å². The summed E-state index contributed by atoms with van der Waals surface area (Å²) in [5.41, 5.74) is 2.07. The maximum Gasteiger partial charge on any atom is 0.153 e. The fourth-order valence-electron chi connectivity index (χ4n) is 2.55. The van der Waals surface area contributed by atoms with Crippen molar-refractivity contribution in [2.45, 2.75) is 6.54 Å². The number of benzene rings is 2. The van der Waals surface area contributed by atoms with Crippen LogP contribution >= 0.6 is 11.6 Å². The first-order chi connectivity index (χ1) is 8.84. The molecule has 1 aliphatic rings. The van der Waals surface area contributed by atoms with Gasteiger partial charge in [0.25, 0.3) is 0 Å². The van der Waals surface area contributed by atoms with Crippen molar-refractivity contribution < 1.29 is 4.42 Å². The van der Waals surface area contributed by atoms with Gasteiger partial charge in [0.15, 0.2) is 5.76 Å².